The second-order valence-electron chi connectivity index (χ2n) is 7.16. The van der Waals surface area contributed by atoms with Crippen LogP contribution >= 0.6 is 0 Å². The van der Waals surface area contributed by atoms with E-state index in [0.717, 1.165) is 6.07 Å². The quantitative estimate of drug-likeness (QED) is 0.502. The molecule has 2 aliphatic rings. The number of rotatable bonds is 3. The van der Waals surface area contributed by atoms with Crippen LogP contribution in [0, 0.1) is 0 Å². The lowest BCUT2D eigenvalue weighted by Gasteiger charge is -2.33. The summed E-state index contributed by atoms with van der Waals surface area (Å²) in [5, 5.41) is 20.4. The molecule has 0 aromatic heterocycles. The molecule has 2 N–H and O–H groups in total. The number of ketones is 2. The molecule has 156 valence electrons. The van der Waals surface area contributed by atoms with Gasteiger partial charge in [0.05, 0.1) is 17.0 Å². The molecule has 2 aromatic rings. The Morgan fingerprint density at radius 1 is 0.900 bits per heavy atom. The lowest BCUT2D eigenvalue weighted by Crippen LogP contribution is -2.49. The molecule has 1 amide bonds. The average Bonchev–Trinajstić information content (AvgIpc) is 2.71. The lowest BCUT2D eigenvalue weighted by atomic mass is 9.82. The molecule has 0 saturated carbocycles. The van der Waals surface area contributed by atoms with Crippen molar-refractivity contribution >= 4 is 28.2 Å². The first kappa shape index (κ1) is 20.0. The number of benzene rings is 2. The number of phenolic OH excluding ortho intramolecular Hbond substituents is 2. The van der Waals surface area contributed by atoms with Crippen LogP contribution in [0.1, 0.15) is 42.2 Å². The number of aromatic hydroxyl groups is 2. The van der Waals surface area contributed by atoms with Crippen LogP contribution in [-0.4, -0.2) is 78.0 Å². The van der Waals surface area contributed by atoms with Gasteiger partial charge in [0, 0.05) is 42.9 Å². The monoisotopic (exact) mass is 430 g/mol. The van der Waals surface area contributed by atoms with E-state index >= 15 is 0 Å². The van der Waals surface area contributed by atoms with Crippen LogP contribution in [0.3, 0.4) is 0 Å². The van der Waals surface area contributed by atoms with E-state index in [9.17, 15) is 33.0 Å². The number of hydrogen-bond acceptors (Lipinski definition) is 8. The van der Waals surface area contributed by atoms with Crippen LogP contribution in [0.25, 0.3) is 0 Å². The minimum absolute atomic E-state index is 0.0110. The number of fused-ring (bicyclic) bond motifs is 2. The Morgan fingerprint density at radius 3 is 2.23 bits per heavy atom. The van der Waals surface area contributed by atoms with Crippen molar-refractivity contribution in [2.75, 3.05) is 32.1 Å². The van der Waals surface area contributed by atoms with E-state index < -0.39 is 33.9 Å². The number of carbonyl (C=O) groups is 3. The molecule has 0 atom stereocenters. The number of thiol groups is 1. The second kappa shape index (κ2) is 7.54. The maximum Gasteiger partial charge on any atom is 0.254 e. The molecule has 1 aliphatic carbocycles. The zero-order valence-corrected chi connectivity index (χ0v) is 16.6. The summed E-state index contributed by atoms with van der Waals surface area (Å²) in [5.74, 6) is -2.61. The van der Waals surface area contributed by atoms with Gasteiger partial charge in [-0.05, 0) is 18.2 Å². The van der Waals surface area contributed by atoms with Crippen molar-refractivity contribution in [3.05, 3.63) is 58.1 Å². The summed E-state index contributed by atoms with van der Waals surface area (Å²) in [4.78, 5) is 41.8. The molecular formula is C20H18N2O7S. The fraction of sp³-hybridized carbons (Fsp3) is 0.250. The first-order chi connectivity index (χ1) is 14.3. The highest BCUT2D eigenvalue weighted by Crippen LogP contribution is 2.37. The fourth-order valence-corrected chi connectivity index (χ4v) is 4.45. The Kier molecular flexibility index (Phi) is 5.04. The number of amides is 1. The molecule has 10 heteroatoms. The molecule has 1 saturated heterocycles. The third kappa shape index (κ3) is 3.33. The average molecular weight is 430 g/mol. The highest BCUT2D eigenvalue weighted by molar-refractivity contribution is 7.72. The van der Waals surface area contributed by atoms with Gasteiger partial charge in [0.15, 0.2) is 16.5 Å². The molecule has 1 heterocycles. The number of piperazine rings is 1. The minimum Gasteiger partial charge on any atom is -0.507 e. The van der Waals surface area contributed by atoms with Crippen LogP contribution < -0.4 is 0 Å². The normalized spacial score (nSPS) is 16.5. The first-order valence-electron chi connectivity index (χ1n) is 9.19. The van der Waals surface area contributed by atoms with Crippen LogP contribution in [0.2, 0.25) is 0 Å². The third-order valence-electron chi connectivity index (χ3n) is 5.33. The van der Waals surface area contributed by atoms with Crippen LogP contribution in [0.4, 0.5) is 0 Å². The van der Waals surface area contributed by atoms with Gasteiger partial charge in [0.2, 0.25) is 5.78 Å². The van der Waals surface area contributed by atoms with Gasteiger partial charge in [-0.1, -0.05) is 12.1 Å². The summed E-state index contributed by atoms with van der Waals surface area (Å²) >= 11 is 0. The number of hydrogen-bond donors (Lipinski definition) is 3. The fourth-order valence-electron chi connectivity index (χ4n) is 3.84. The van der Waals surface area contributed by atoms with E-state index in [1.807, 2.05) is 0 Å². The second-order valence-corrected chi connectivity index (χ2v) is 8.11. The molecule has 0 spiro atoms. The smallest absolute Gasteiger partial charge is 0.254 e. The lowest BCUT2D eigenvalue weighted by molar-refractivity contribution is 0.0656. The van der Waals surface area contributed by atoms with Crippen molar-refractivity contribution < 1.29 is 33.0 Å². The SMILES string of the molecule is O=C1c2cccc(O)c2C(=O)c2c(O)cc(C(=O)N3CCN(C[SH](=O)=O)CC3)cc21. The molecular weight excluding hydrogens is 412 g/mol. The zero-order chi connectivity index (χ0) is 21.6. The summed E-state index contributed by atoms with van der Waals surface area (Å²) in [6.45, 7) is 1.36. The molecule has 4 rings (SSSR count). The van der Waals surface area contributed by atoms with Gasteiger partial charge >= 0.3 is 0 Å². The number of phenols is 2. The largest absolute Gasteiger partial charge is 0.507 e. The summed E-state index contributed by atoms with van der Waals surface area (Å²) < 4.78 is 21.7. The molecule has 0 unspecified atom stereocenters. The van der Waals surface area contributed by atoms with Crippen molar-refractivity contribution in [3.8, 4) is 11.5 Å². The summed E-state index contributed by atoms with van der Waals surface area (Å²) in [5.41, 5.74) is -0.438. The minimum atomic E-state index is -2.54. The molecule has 2 aromatic carbocycles. The van der Waals surface area contributed by atoms with Gasteiger partial charge in [-0.2, -0.15) is 0 Å². The molecule has 30 heavy (non-hydrogen) atoms. The molecule has 9 nitrogen and oxygen atoms in total. The van der Waals surface area contributed by atoms with E-state index in [4.69, 9.17) is 0 Å². The van der Waals surface area contributed by atoms with Crippen LogP contribution in [-0.2, 0) is 10.7 Å². The van der Waals surface area contributed by atoms with Crippen molar-refractivity contribution in [3.63, 3.8) is 0 Å². The maximum atomic E-state index is 12.9. The maximum absolute atomic E-state index is 12.9. The Bertz CT molecular complexity index is 1160. The predicted octanol–water partition coefficient (Wildman–Crippen LogP) is 0.200. The standard InChI is InChI=1S/C20H18N2O7S/c23-14-3-1-2-12-16(14)19(26)17-13(18(12)25)8-11(9-15(17)24)20(27)22-6-4-21(5-7-22)10-30(28)29/h1-3,8-9,23-24,30H,4-7,10H2. The Balaban J connectivity index is 1.65. The van der Waals surface area contributed by atoms with Gasteiger partial charge < -0.3 is 15.1 Å². The van der Waals surface area contributed by atoms with E-state index in [1.54, 1.807) is 4.90 Å². The van der Waals surface area contributed by atoms with Crippen molar-refractivity contribution in [1.29, 1.82) is 0 Å². The van der Waals surface area contributed by atoms with E-state index in [0.29, 0.717) is 26.2 Å². The molecule has 1 fully saturated rings. The Labute approximate surface area is 173 Å². The zero-order valence-electron chi connectivity index (χ0n) is 15.7. The Hall–Kier alpha value is -3.24. The molecule has 0 radical (unpaired) electrons. The van der Waals surface area contributed by atoms with Crippen molar-refractivity contribution in [1.82, 2.24) is 9.80 Å². The van der Waals surface area contributed by atoms with Crippen LogP contribution in [0.15, 0.2) is 30.3 Å². The highest BCUT2D eigenvalue weighted by atomic mass is 32.2. The van der Waals surface area contributed by atoms with Crippen molar-refractivity contribution in [2.45, 2.75) is 0 Å². The van der Waals surface area contributed by atoms with E-state index in [2.05, 4.69) is 0 Å². The van der Waals surface area contributed by atoms with Crippen molar-refractivity contribution in [2.24, 2.45) is 0 Å². The number of carbonyl (C=O) groups excluding carboxylic acids is 3. The predicted molar refractivity (Wildman–Crippen MR) is 106 cm³/mol. The van der Waals surface area contributed by atoms with Gasteiger partial charge in [0.1, 0.15) is 11.5 Å². The van der Waals surface area contributed by atoms with Gasteiger partial charge in [-0.25, -0.2) is 8.42 Å². The summed E-state index contributed by atoms with van der Waals surface area (Å²) in [6.07, 6.45) is 0. The molecule has 1 aliphatic heterocycles. The van der Waals surface area contributed by atoms with Gasteiger partial charge in [0.25, 0.3) is 5.91 Å². The highest BCUT2D eigenvalue weighted by Gasteiger charge is 2.35. The first-order valence-corrected chi connectivity index (χ1v) is 10.6. The van der Waals surface area contributed by atoms with E-state index in [1.165, 1.54) is 29.2 Å². The van der Waals surface area contributed by atoms with Gasteiger partial charge in [-0.15, -0.1) is 0 Å². The van der Waals surface area contributed by atoms with E-state index in [-0.39, 0.29) is 39.4 Å². The molecule has 0 bridgehead atoms. The number of nitrogens with zero attached hydrogens (tertiary/aromatic N) is 2. The summed E-state index contributed by atoms with van der Waals surface area (Å²) in [7, 11) is -2.54. The Morgan fingerprint density at radius 2 is 1.57 bits per heavy atom. The summed E-state index contributed by atoms with van der Waals surface area (Å²) in [6, 6.07) is 6.55. The van der Waals surface area contributed by atoms with Gasteiger partial charge in [-0.3, -0.25) is 19.3 Å². The third-order valence-corrected chi connectivity index (χ3v) is 5.96. The topological polar surface area (TPSA) is 132 Å². The van der Waals surface area contributed by atoms with Crippen LogP contribution in [0.5, 0.6) is 11.5 Å².